The van der Waals surface area contributed by atoms with Crippen molar-refractivity contribution in [1.29, 1.82) is 0 Å². The van der Waals surface area contributed by atoms with Gasteiger partial charge in [0.15, 0.2) is 0 Å². The second-order valence-electron chi connectivity index (χ2n) is 4.18. The lowest BCUT2D eigenvalue weighted by Crippen LogP contribution is -2.49. The third kappa shape index (κ3) is 3.18. The average molecular weight is 215 g/mol. The van der Waals surface area contributed by atoms with Crippen molar-refractivity contribution in [1.82, 2.24) is 5.32 Å². The van der Waals surface area contributed by atoms with E-state index in [1.807, 2.05) is 6.92 Å². The zero-order chi connectivity index (χ0) is 11.3. The summed E-state index contributed by atoms with van der Waals surface area (Å²) in [4.78, 5) is 11.9. The van der Waals surface area contributed by atoms with Crippen LogP contribution < -0.4 is 5.32 Å². The fourth-order valence-corrected chi connectivity index (χ4v) is 1.72. The standard InChI is InChI=1S/C11H21NO3/c1-4-7-11(2,12-3)10(13)15-9-6-5-8-14-9/h9,12H,4-8H2,1-3H3. The molecule has 1 aliphatic rings. The Hall–Kier alpha value is -0.610. The van der Waals surface area contributed by atoms with Gasteiger partial charge in [0.1, 0.15) is 5.54 Å². The van der Waals surface area contributed by atoms with E-state index in [9.17, 15) is 4.79 Å². The summed E-state index contributed by atoms with van der Waals surface area (Å²) in [6.07, 6.45) is 3.18. The first-order chi connectivity index (χ1) is 7.12. The van der Waals surface area contributed by atoms with Crippen LogP contribution in [0.5, 0.6) is 0 Å². The summed E-state index contributed by atoms with van der Waals surface area (Å²) < 4.78 is 10.6. The van der Waals surface area contributed by atoms with E-state index in [0.29, 0.717) is 6.61 Å². The number of carbonyl (C=O) groups is 1. The minimum atomic E-state index is -0.583. The van der Waals surface area contributed by atoms with Crippen molar-refractivity contribution >= 4 is 5.97 Å². The molecule has 1 rings (SSSR count). The number of carbonyl (C=O) groups excluding carboxylic acids is 1. The molecule has 0 aliphatic carbocycles. The quantitative estimate of drug-likeness (QED) is 0.705. The van der Waals surface area contributed by atoms with Crippen LogP contribution in [0.4, 0.5) is 0 Å². The maximum Gasteiger partial charge on any atom is 0.328 e. The van der Waals surface area contributed by atoms with Gasteiger partial charge in [-0.05, 0) is 26.8 Å². The maximum atomic E-state index is 11.9. The Morgan fingerprint density at radius 1 is 1.67 bits per heavy atom. The van der Waals surface area contributed by atoms with Crippen LogP contribution in [0.15, 0.2) is 0 Å². The van der Waals surface area contributed by atoms with Gasteiger partial charge in [0.25, 0.3) is 0 Å². The molecule has 88 valence electrons. The van der Waals surface area contributed by atoms with Crippen LogP contribution in [0, 0.1) is 0 Å². The molecule has 0 bridgehead atoms. The van der Waals surface area contributed by atoms with Crippen LogP contribution in [-0.2, 0) is 14.3 Å². The van der Waals surface area contributed by atoms with Gasteiger partial charge in [-0.3, -0.25) is 0 Å². The third-order valence-electron chi connectivity index (χ3n) is 2.88. The van der Waals surface area contributed by atoms with E-state index in [-0.39, 0.29) is 12.3 Å². The lowest BCUT2D eigenvalue weighted by atomic mass is 9.97. The molecule has 1 N–H and O–H groups in total. The van der Waals surface area contributed by atoms with Crippen molar-refractivity contribution in [2.24, 2.45) is 0 Å². The molecule has 0 spiro atoms. The molecule has 15 heavy (non-hydrogen) atoms. The lowest BCUT2D eigenvalue weighted by molar-refractivity contribution is -0.177. The highest BCUT2D eigenvalue weighted by Gasteiger charge is 2.34. The van der Waals surface area contributed by atoms with Crippen LogP contribution in [0.1, 0.15) is 39.5 Å². The molecule has 4 heteroatoms. The molecule has 4 nitrogen and oxygen atoms in total. The van der Waals surface area contributed by atoms with E-state index in [0.717, 1.165) is 25.7 Å². The molecule has 1 fully saturated rings. The minimum absolute atomic E-state index is 0.209. The summed E-state index contributed by atoms with van der Waals surface area (Å²) in [6, 6.07) is 0. The Morgan fingerprint density at radius 2 is 2.40 bits per heavy atom. The van der Waals surface area contributed by atoms with Crippen molar-refractivity contribution in [2.45, 2.75) is 51.4 Å². The van der Waals surface area contributed by atoms with Gasteiger partial charge in [-0.25, -0.2) is 4.79 Å². The van der Waals surface area contributed by atoms with Crippen LogP contribution >= 0.6 is 0 Å². The van der Waals surface area contributed by atoms with Gasteiger partial charge in [-0.2, -0.15) is 0 Å². The number of rotatable bonds is 5. The summed E-state index contributed by atoms with van der Waals surface area (Å²) in [5.74, 6) is -0.209. The molecule has 1 saturated heterocycles. The number of ether oxygens (including phenoxy) is 2. The summed E-state index contributed by atoms with van der Waals surface area (Å²) in [6.45, 7) is 4.62. The molecule has 2 atom stereocenters. The molecule has 2 unspecified atom stereocenters. The van der Waals surface area contributed by atoms with E-state index in [1.54, 1.807) is 7.05 Å². The van der Waals surface area contributed by atoms with Gasteiger partial charge in [-0.15, -0.1) is 0 Å². The Morgan fingerprint density at radius 3 is 2.87 bits per heavy atom. The number of likely N-dealkylation sites (N-methyl/N-ethyl adjacent to an activating group) is 1. The van der Waals surface area contributed by atoms with Crippen molar-refractivity contribution in [3.05, 3.63) is 0 Å². The van der Waals surface area contributed by atoms with Crippen LogP contribution in [0.3, 0.4) is 0 Å². The Balaban J connectivity index is 2.48. The second-order valence-corrected chi connectivity index (χ2v) is 4.18. The fourth-order valence-electron chi connectivity index (χ4n) is 1.72. The normalized spacial score (nSPS) is 24.9. The summed E-state index contributed by atoms with van der Waals surface area (Å²) in [5.41, 5.74) is -0.583. The number of hydrogen-bond donors (Lipinski definition) is 1. The van der Waals surface area contributed by atoms with Gasteiger partial charge in [0.2, 0.25) is 6.29 Å². The molecule has 0 aromatic carbocycles. The molecule has 0 radical (unpaired) electrons. The highest BCUT2D eigenvalue weighted by molar-refractivity contribution is 5.80. The molecule has 0 aromatic heterocycles. The fraction of sp³-hybridized carbons (Fsp3) is 0.909. The first-order valence-electron chi connectivity index (χ1n) is 5.64. The molecule has 1 aliphatic heterocycles. The van der Waals surface area contributed by atoms with Crippen LogP contribution in [0.25, 0.3) is 0 Å². The van der Waals surface area contributed by atoms with Gasteiger partial charge in [-0.1, -0.05) is 13.3 Å². The van der Waals surface area contributed by atoms with Crippen molar-refractivity contribution in [3.8, 4) is 0 Å². The molecule has 1 heterocycles. The highest BCUT2D eigenvalue weighted by atomic mass is 16.7. The highest BCUT2D eigenvalue weighted by Crippen LogP contribution is 2.19. The Labute approximate surface area is 91.3 Å². The van der Waals surface area contributed by atoms with E-state index in [4.69, 9.17) is 9.47 Å². The number of nitrogens with one attached hydrogen (secondary N) is 1. The molecular formula is C11H21NO3. The van der Waals surface area contributed by atoms with Crippen molar-refractivity contribution in [3.63, 3.8) is 0 Å². The van der Waals surface area contributed by atoms with Crippen LogP contribution in [0.2, 0.25) is 0 Å². The first kappa shape index (κ1) is 12.5. The van der Waals surface area contributed by atoms with E-state index in [1.165, 1.54) is 0 Å². The van der Waals surface area contributed by atoms with E-state index >= 15 is 0 Å². The maximum absolute atomic E-state index is 11.9. The smallest absolute Gasteiger partial charge is 0.328 e. The second kappa shape index (κ2) is 5.47. The predicted octanol–water partition coefficient (Wildman–Crippen LogP) is 1.44. The summed E-state index contributed by atoms with van der Waals surface area (Å²) in [7, 11) is 1.78. The van der Waals surface area contributed by atoms with Gasteiger partial charge < -0.3 is 14.8 Å². The van der Waals surface area contributed by atoms with Crippen molar-refractivity contribution in [2.75, 3.05) is 13.7 Å². The SMILES string of the molecule is CCCC(C)(NC)C(=O)OC1CCCO1. The lowest BCUT2D eigenvalue weighted by Gasteiger charge is -2.27. The zero-order valence-electron chi connectivity index (χ0n) is 9.84. The third-order valence-corrected chi connectivity index (χ3v) is 2.88. The monoisotopic (exact) mass is 215 g/mol. The van der Waals surface area contributed by atoms with Crippen LogP contribution in [-0.4, -0.2) is 31.5 Å². The largest absolute Gasteiger partial charge is 0.434 e. The van der Waals surface area contributed by atoms with Crippen molar-refractivity contribution < 1.29 is 14.3 Å². The number of esters is 1. The van der Waals surface area contributed by atoms with Gasteiger partial charge in [0, 0.05) is 6.42 Å². The Kier molecular flexibility index (Phi) is 4.54. The van der Waals surface area contributed by atoms with Gasteiger partial charge in [0.05, 0.1) is 6.61 Å². The molecule has 0 saturated carbocycles. The first-order valence-corrected chi connectivity index (χ1v) is 5.64. The minimum Gasteiger partial charge on any atom is -0.434 e. The van der Waals surface area contributed by atoms with E-state index < -0.39 is 5.54 Å². The summed E-state index contributed by atoms with van der Waals surface area (Å²) in [5, 5.41) is 3.02. The average Bonchev–Trinajstić information content (AvgIpc) is 2.70. The zero-order valence-corrected chi connectivity index (χ0v) is 9.84. The number of hydrogen-bond acceptors (Lipinski definition) is 4. The Bertz CT molecular complexity index is 214. The molecular weight excluding hydrogens is 194 g/mol. The summed E-state index contributed by atoms with van der Waals surface area (Å²) >= 11 is 0. The molecule has 0 aromatic rings. The van der Waals surface area contributed by atoms with Gasteiger partial charge >= 0.3 is 5.97 Å². The predicted molar refractivity (Wildman–Crippen MR) is 57.4 cm³/mol. The van der Waals surface area contributed by atoms with E-state index in [2.05, 4.69) is 12.2 Å². The topological polar surface area (TPSA) is 47.6 Å². The molecule has 0 amide bonds.